The van der Waals surface area contributed by atoms with Crippen LogP contribution >= 0.6 is 11.3 Å². The second kappa shape index (κ2) is 6.40. The van der Waals surface area contributed by atoms with E-state index in [1.807, 2.05) is 16.3 Å². The summed E-state index contributed by atoms with van der Waals surface area (Å²) in [6.45, 7) is 0.0733. The van der Waals surface area contributed by atoms with Gasteiger partial charge in [0.25, 0.3) is 5.91 Å². The maximum atomic E-state index is 12.8. The Labute approximate surface area is 145 Å². The van der Waals surface area contributed by atoms with Gasteiger partial charge in [-0.1, -0.05) is 24.3 Å². The molecular weight excluding hydrogens is 320 g/mol. The first-order valence-corrected chi connectivity index (χ1v) is 9.37. The van der Waals surface area contributed by atoms with E-state index in [0.29, 0.717) is 11.6 Å². The van der Waals surface area contributed by atoms with Gasteiger partial charge in [0.15, 0.2) is 0 Å². The quantitative estimate of drug-likeness (QED) is 0.909. The monoisotopic (exact) mass is 340 g/mol. The third-order valence-electron chi connectivity index (χ3n) is 4.85. The van der Waals surface area contributed by atoms with Gasteiger partial charge < -0.3 is 10.2 Å². The Hall–Kier alpha value is -2.14. The highest BCUT2D eigenvalue weighted by Gasteiger charge is 2.40. The van der Waals surface area contributed by atoms with Crippen molar-refractivity contribution in [1.29, 1.82) is 0 Å². The van der Waals surface area contributed by atoms with E-state index in [-0.39, 0.29) is 24.4 Å². The summed E-state index contributed by atoms with van der Waals surface area (Å²) < 4.78 is 0. The van der Waals surface area contributed by atoms with Crippen LogP contribution in [-0.2, 0) is 11.2 Å². The molecule has 24 heavy (non-hydrogen) atoms. The number of amides is 2. The maximum Gasteiger partial charge on any atom is 0.252 e. The van der Waals surface area contributed by atoms with Gasteiger partial charge in [0.1, 0.15) is 0 Å². The molecule has 0 bridgehead atoms. The van der Waals surface area contributed by atoms with Gasteiger partial charge in [-0.2, -0.15) is 11.3 Å². The van der Waals surface area contributed by atoms with Crippen molar-refractivity contribution < 1.29 is 9.59 Å². The number of nitrogens with zero attached hydrogens (tertiary/aromatic N) is 1. The molecule has 5 heteroatoms. The van der Waals surface area contributed by atoms with Gasteiger partial charge in [-0.05, 0) is 48.3 Å². The molecule has 1 saturated carbocycles. The zero-order valence-corrected chi connectivity index (χ0v) is 14.2. The molecule has 1 fully saturated rings. The van der Waals surface area contributed by atoms with E-state index in [9.17, 15) is 9.59 Å². The highest BCUT2D eigenvalue weighted by Crippen LogP contribution is 2.41. The van der Waals surface area contributed by atoms with Crippen LogP contribution in [0.15, 0.2) is 41.1 Å². The average Bonchev–Trinajstić information content (AvgIpc) is 3.12. The minimum absolute atomic E-state index is 0.0304. The van der Waals surface area contributed by atoms with Crippen molar-refractivity contribution in [3.05, 3.63) is 57.8 Å². The van der Waals surface area contributed by atoms with E-state index < -0.39 is 0 Å². The summed E-state index contributed by atoms with van der Waals surface area (Å²) in [5, 5.41) is 6.43. The molecule has 1 N–H and O–H groups in total. The minimum Gasteiger partial charge on any atom is -0.343 e. The normalized spacial score (nSPS) is 18.9. The van der Waals surface area contributed by atoms with Gasteiger partial charge >= 0.3 is 0 Å². The molecule has 0 saturated heterocycles. The van der Waals surface area contributed by atoms with Gasteiger partial charge in [0, 0.05) is 17.0 Å². The molecule has 0 spiro atoms. The summed E-state index contributed by atoms with van der Waals surface area (Å²) in [6, 6.07) is 10.7. The molecule has 1 aromatic heterocycles. The highest BCUT2D eigenvalue weighted by molar-refractivity contribution is 7.08. The van der Waals surface area contributed by atoms with E-state index >= 15 is 0 Å². The van der Waals surface area contributed by atoms with Gasteiger partial charge in [0.2, 0.25) is 5.91 Å². The minimum atomic E-state index is -0.174. The largest absolute Gasteiger partial charge is 0.343 e. The molecule has 2 aliphatic rings. The van der Waals surface area contributed by atoms with Crippen LogP contribution in [0.4, 0.5) is 0 Å². The first-order valence-electron chi connectivity index (χ1n) is 8.43. The van der Waals surface area contributed by atoms with E-state index in [1.165, 1.54) is 22.5 Å². The molecular formula is C19H20N2O2S. The fourth-order valence-corrected chi connectivity index (χ4v) is 4.19. The number of fused-ring (bicyclic) bond motifs is 1. The smallest absolute Gasteiger partial charge is 0.252 e. The van der Waals surface area contributed by atoms with E-state index in [1.54, 1.807) is 11.4 Å². The molecule has 0 radical (unpaired) electrons. The lowest BCUT2D eigenvalue weighted by Gasteiger charge is -2.30. The molecule has 2 aliphatic carbocycles. The lowest BCUT2D eigenvalue weighted by molar-refractivity contribution is -0.133. The van der Waals surface area contributed by atoms with Crippen molar-refractivity contribution >= 4 is 23.2 Å². The average molecular weight is 340 g/mol. The lowest BCUT2D eigenvalue weighted by Crippen LogP contribution is -2.42. The predicted molar refractivity (Wildman–Crippen MR) is 94.0 cm³/mol. The maximum absolute atomic E-state index is 12.8. The van der Waals surface area contributed by atoms with Crippen molar-refractivity contribution in [2.45, 2.75) is 37.8 Å². The number of rotatable bonds is 5. The zero-order chi connectivity index (χ0) is 16.5. The highest BCUT2D eigenvalue weighted by atomic mass is 32.1. The van der Waals surface area contributed by atoms with Crippen LogP contribution < -0.4 is 5.32 Å². The zero-order valence-electron chi connectivity index (χ0n) is 13.4. The Bertz CT molecular complexity index is 752. The fourth-order valence-electron chi connectivity index (χ4n) is 3.55. The molecule has 0 unspecified atom stereocenters. The third-order valence-corrected chi connectivity index (χ3v) is 5.53. The summed E-state index contributed by atoms with van der Waals surface area (Å²) in [7, 11) is 0. The fraction of sp³-hybridized carbons (Fsp3) is 0.368. The van der Waals surface area contributed by atoms with Crippen LogP contribution in [0.3, 0.4) is 0 Å². The summed E-state index contributed by atoms with van der Waals surface area (Å²) in [6.07, 6.45) is 4.16. The van der Waals surface area contributed by atoms with Crippen molar-refractivity contribution in [3.8, 4) is 0 Å². The molecule has 0 aliphatic heterocycles. The number of carbonyl (C=O) groups excluding carboxylic acids is 2. The summed E-state index contributed by atoms with van der Waals surface area (Å²) in [4.78, 5) is 26.9. The topological polar surface area (TPSA) is 49.4 Å². The number of aryl methyl sites for hydroxylation is 1. The molecule has 1 aromatic carbocycles. The Balaban J connectivity index is 1.46. The van der Waals surface area contributed by atoms with E-state index in [2.05, 4.69) is 23.5 Å². The van der Waals surface area contributed by atoms with E-state index in [0.717, 1.165) is 25.7 Å². The van der Waals surface area contributed by atoms with Crippen LogP contribution in [0.2, 0.25) is 0 Å². The van der Waals surface area contributed by atoms with Gasteiger partial charge in [-0.25, -0.2) is 0 Å². The molecule has 2 amide bonds. The van der Waals surface area contributed by atoms with Crippen LogP contribution in [0.1, 0.15) is 46.8 Å². The number of hydrogen-bond acceptors (Lipinski definition) is 3. The Morgan fingerprint density at radius 3 is 2.75 bits per heavy atom. The summed E-state index contributed by atoms with van der Waals surface area (Å²) in [5.41, 5.74) is 3.25. The summed E-state index contributed by atoms with van der Waals surface area (Å²) >= 11 is 1.48. The van der Waals surface area contributed by atoms with Crippen molar-refractivity contribution in [3.63, 3.8) is 0 Å². The number of carbonyl (C=O) groups is 2. The molecule has 2 aromatic rings. The van der Waals surface area contributed by atoms with Crippen LogP contribution in [-0.4, -0.2) is 29.3 Å². The van der Waals surface area contributed by atoms with E-state index in [4.69, 9.17) is 0 Å². The number of nitrogens with one attached hydrogen (secondary N) is 1. The third kappa shape index (κ3) is 2.96. The van der Waals surface area contributed by atoms with Gasteiger partial charge in [-0.15, -0.1) is 0 Å². The Morgan fingerprint density at radius 2 is 2.00 bits per heavy atom. The Kier molecular flexibility index (Phi) is 4.10. The second-order valence-electron chi connectivity index (χ2n) is 6.48. The molecule has 1 atom stereocenters. The standard InChI is InChI=1S/C19H20N2O2S/c22-18(11-20-19(23)14-9-10-24-12-14)21(15-6-7-15)17-8-5-13-3-1-2-4-16(13)17/h1-4,9-10,12,15,17H,5-8,11H2,(H,20,23)/t17-/m1/s1. The lowest BCUT2D eigenvalue weighted by atomic mass is 10.1. The van der Waals surface area contributed by atoms with Crippen molar-refractivity contribution in [1.82, 2.24) is 10.2 Å². The summed E-state index contributed by atoms with van der Waals surface area (Å²) in [5.74, 6) is -0.144. The first kappa shape index (κ1) is 15.4. The van der Waals surface area contributed by atoms with Crippen molar-refractivity contribution in [2.75, 3.05) is 6.54 Å². The Morgan fingerprint density at radius 1 is 1.17 bits per heavy atom. The first-order chi connectivity index (χ1) is 11.7. The molecule has 4 nitrogen and oxygen atoms in total. The SMILES string of the molecule is O=C(NCC(=O)N(C1CC1)[C@@H]1CCc2ccccc21)c1ccsc1. The van der Waals surface area contributed by atoms with Crippen LogP contribution in [0.5, 0.6) is 0 Å². The molecule has 1 heterocycles. The number of benzene rings is 1. The predicted octanol–water partition coefficient (Wildman–Crippen LogP) is 3.16. The van der Waals surface area contributed by atoms with Gasteiger partial charge in [-0.3, -0.25) is 9.59 Å². The van der Waals surface area contributed by atoms with Crippen molar-refractivity contribution in [2.24, 2.45) is 0 Å². The second-order valence-corrected chi connectivity index (χ2v) is 7.26. The van der Waals surface area contributed by atoms with Crippen LogP contribution in [0, 0.1) is 0 Å². The molecule has 4 rings (SSSR count). The van der Waals surface area contributed by atoms with Crippen LogP contribution in [0.25, 0.3) is 0 Å². The number of thiophene rings is 1. The number of hydrogen-bond donors (Lipinski definition) is 1. The van der Waals surface area contributed by atoms with Gasteiger partial charge in [0.05, 0.1) is 12.6 Å². The molecule has 124 valence electrons.